The molecule has 13 heteroatoms. The molecular weight excluding hydrogens is 669 g/mol. The van der Waals surface area contributed by atoms with Gasteiger partial charge in [0, 0.05) is 54.8 Å². The fraction of sp³-hybridized carbons (Fsp3) is 0.444. The van der Waals surface area contributed by atoms with E-state index in [1.54, 1.807) is 24.2 Å². The minimum Gasteiger partial charge on any atom is -0.486 e. The lowest BCUT2D eigenvalue weighted by Crippen LogP contribution is -2.44. The molecule has 0 bridgehead atoms. The van der Waals surface area contributed by atoms with Gasteiger partial charge in [0.05, 0.1) is 18.4 Å². The lowest BCUT2D eigenvalue weighted by molar-refractivity contribution is -0.133. The maximum atomic E-state index is 15.1. The number of thioether (sulfide) groups is 1. The second kappa shape index (κ2) is 18.1. The zero-order valence-corrected chi connectivity index (χ0v) is 30.7. The highest BCUT2D eigenvalue weighted by Gasteiger charge is 2.37. The first kappa shape index (κ1) is 39.5. The van der Waals surface area contributed by atoms with Crippen LogP contribution in [0.1, 0.15) is 50.9 Å². The molecule has 0 fully saturated rings. The topological polar surface area (TPSA) is 118 Å². The third-order valence-electron chi connectivity index (χ3n) is 8.09. The van der Waals surface area contributed by atoms with E-state index < -0.39 is 42.9 Å². The predicted molar refractivity (Wildman–Crippen MR) is 192 cm³/mol. The van der Waals surface area contributed by atoms with Crippen LogP contribution in [-0.2, 0) is 20.9 Å². The zero-order chi connectivity index (χ0) is 36.2. The van der Waals surface area contributed by atoms with E-state index in [9.17, 15) is 28.7 Å². The number of rotatable bonds is 18. The zero-order valence-electron chi connectivity index (χ0n) is 28.8. The van der Waals surface area contributed by atoms with Crippen LogP contribution in [-0.4, -0.2) is 77.7 Å². The van der Waals surface area contributed by atoms with Gasteiger partial charge in [-0.15, -0.1) is 0 Å². The van der Waals surface area contributed by atoms with Gasteiger partial charge in [-0.25, -0.2) is 13.6 Å². The summed E-state index contributed by atoms with van der Waals surface area (Å²) in [7, 11) is -2.54. The van der Waals surface area contributed by atoms with Crippen LogP contribution in [0.2, 0.25) is 19.1 Å². The molecule has 0 saturated heterocycles. The number of halogens is 2. The average molecular weight is 716 g/mol. The van der Waals surface area contributed by atoms with E-state index in [-0.39, 0.29) is 43.0 Å². The number of hydrogen-bond donors (Lipinski definition) is 2. The first-order chi connectivity index (χ1) is 23.1. The number of nitrogens with one attached hydrogen (secondary N) is 1. The van der Waals surface area contributed by atoms with Crippen molar-refractivity contribution >= 4 is 43.7 Å². The molecule has 2 aromatic carbocycles. The van der Waals surface area contributed by atoms with Crippen molar-refractivity contribution in [3.05, 3.63) is 83.7 Å². The first-order valence-corrected chi connectivity index (χ1v) is 20.6. The number of aldehydes is 1. The van der Waals surface area contributed by atoms with Gasteiger partial charge in [-0.1, -0.05) is 64.2 Å². The SMILES string of the molecule is CC(C)(C)[C@H](c1cc(-c2cc(F)ccc2F)cn1Cc1ccccc1)N(CCCNC(=O)OCC[Si](C)(C)C(=O)O)C(=O)CSCCC=O. The lowest BCUT2D eigenvalue weighted by Gasteiger charge is -2.41. The van der Waals surface area contributed by atoms with Crippen LogP contribution in [0.25, 0.3) is 11.1 Å². The Hall–Kier alpha value is -3.97. The van der Waals surface area contributed by atoms with Crippen LogP contribution in [0.4, 0.5) is 18.4 Å². The highest BCUT2D eigenvalue weighted by atomic mass is 32.2. The maximum absolute atomic E-state index is 15.1. The van der Waals surface area contributed by atoms with Crippen LogP contribution in [0, 0.1) is 17.0 Å². The van der Waals surface area contributed by atoms with Gasteiger partial charge in [0.2, 0.25) is 5.91 Å². The number of aromatic nitrogens is 1. The molecule has 3 rings (SSSR count). The van der Waals surface area contributed by atoms with Crippen molar-refractivity contribution < 1.29 is 37.8 Å². The molecule has 1 atom stereocenters. The van der Waals surface area contributed by atoms with E-state index in [0.717, 1.165) is 35.7 Å². The smallest absolute Gasteiger partial charge is 0.407 e. The molecule has 9 nitrogen and oxygen atoms in total. The summed E-state index contributed by atoms with van der Waals surface area (Å²) in [5.74, 6) is -0.673. The number of nitrogens with zero attached hydrogens (tertiary/aromatic N) is 2. The van der Waals surface area contributed by atoms with Crippen LogP contribution < -0.4 is 5.32 Å². The Morgan fingerprint density at radius 3 is 2.47 bits per heavy atom. The monoisotopic (exact) mass is 715 g/mol. The number of carbonyl (C=O) groups excluding carboxylic acids is 3. The Kier molecular flexibility index (Phi) is 14.6. The second-order valence-corrected chi connectivity index (χ2v) is 19.4. The maximum Gasteiger partial charge on any atom is 0.407 e. The molecule has 3 aromatic rings. The van der Waals surface area contributed by atoms with E-state index in [1.165, 1.54) is 11.8 Å². The minimum absolute atomic E-state index is 0.00127. The number of ether oxygens (including phenoxy) is 1. The number of amides is 2. The van der Waals surface area contributed by atoms with Crippen molar-refractivity contribution in [2.45, 2.75) is 65.3 Å². The standard InChI is InChI=1S/C36H47F2N3O6SSi/c1-36(2,3)33(31-21-27(29-22-28(37)13-14-30(29)38)24-40(31)23-26-11-7-6-8-12-26)41(32(43)25-48-19-10-17-42)16-9-15-39-34(44)47-18-20-49(4,5)35(45)46/h6-8,11-14,17,21-22,24,33H,9-10,15-16,18-20,23,25H2,1-5H3,(H,39,44)(H,45,46)/t33-/m0/s1. The Morgan fingerprint density at radius 1 is 1.10 bits per heavy atom. The first-order valence-electron chi connectivity index (χ1n) is 16.3. The average Bonchev–Trinajstić information content (AvgIpc) is 3.43. The quantitative estimate of drug-likeness (QED) is 0.0784. The van der Waals surface area contributed by atoms with E-state index in [0.29, 0.717) is 30.7 Å². The van der Waals surface area contributed by atoms with Crippen LogP contribution >= 0.6 is 11.8 Å². The number of alkyl carbamates (subject to hydrolysis) is 1. The molecule has 1 heterocycles. The molecule has 1 aromatic heterocycles. The number of carbonyl (C=O) groups is 4. The van der Waals surface area contributed by atoms with Crippen LogP contribution in [0.5, 0.6) is 0 Å². The van der Waals surface area contributed by atoms with Gasteiger partial charge in [0.1, 0.15) is 17.9 Å². The molecule has 0 aliphatic heterocycles. The molecular formula is C36H47F2N3O6SSi. The predicted octanol–water partition coefficient (Wildman–Crippen LogP) is 7.80. The van der Waals surface area contributed by atoms with E-state index in [1.807, 2.05) is 61.7 Å². The van der Waals surface area contributed by atoms with Crippen molar-refractivity contribution in [3.63, 3.8) is 0 Å². The highest BCUT2D eigenvalue weighted by molar-refractivity contribution is 7.99. The summed E-state index contributed by atoms with van der Waals surface area (Å²) in [6.45, 7) is 10.3. The van der Waals surface area contributed by atoms with Gasteiger partial charge in [-0.2, -0.15) is 11.8 Å². The van der Waals surface area contributed by atoms with E-state index in [2.05, 4.69) is 5.32 Å². The largest absolute Gasteiger partial charge is 0.486 e. The molecule has 0 aliphatic carbocycles. The summed E-state index contributed by atoms with van der Waals surface area (Å²) in [5, 5.41) is 12.0. The summed E-state index contributed by atoms with van der Waals surface area (Å²) in [5.41, 5.74) is 0.933. The van der Waals surface area contributed by atoms with E-state index in [4.69, 9.17) is 4.74 Å². The minimum atomic E-state index is -2.54. The summed E-state index contributed by atoms with van der Waals surface area (Å²) < 4.78 is 36.6. The summed E-state index contributed by atoms with van der Waals surface area (Å²) >= 11 is 1.36. The van der Waals surface area contributed by atoms with Gasteiger partial charge >= 0.3 is 6.09 Å². The van der Waals surface area contributed by atoms with Crippen molar-refractivity contribution in [2.75, 3.05) is 31.2 Å². The van der Waals surface area contributed by atoms with Gasteiger partial charge < -0.3 is 29.4 Å². The molecule has 0 spiro atoms. The molecule has 0 radical (unpaired) electrons. The van der Waals surface area contributed by atoms with Gasteiger partial charge in [-0.3, -0.25) is 9.59 Å². The summed E-state index contributed by atoms with van der Waals surface area (Å²) in [6.07, 6.45) is 2.63. The molecule has 266 valence electrons. The Labute approximate surface area is 292 Å². The summed E-state index contributed by atoms with van der Waals surface area (Å²) in [4.78, 5) is 50.4. The van der Waals surface area contributed by atoms with Crippen molar-refractivity contribution in [1.82, 2.24) is 14.8 Å². The highest BCUT2D eigenvalue weighted by Crippen LogP contribution is 2.41. The van der Waals surface area contributed by atoms with Crippen molar-refractivity contribution in [3.8, 4) is 11.1 Å². The molecule has 2 N–H and O–H groups in total. The van der Waals surface area contributed by atoms with Gasteiger partial charge in [0.25, 0.3) is 5.59 Å². The fourth-order valence-electron chi connectivity index (χ4n) is 5.38. The third kappa shape index (κ3) is 11.8. The molecule has 0 aliphatic rings. The van der Waals surface area contributed by atoms with Gasteiger partial charge in [-0.05, 0) is 47.7 Å². The number of carboxylic acid groups (broad SMARTS) is 1. The van der Waals surface area contributed by atoms with Crippen molar-refractivity contribution in [1.29, 1.82) is 0 Å². The van der Waals surface area contributed by atoms with Crippen LogP contribution in [0.3, 0.4) is 0 Å². The molecule has 49 heavy (non-hydrogen) atoms. The Morgan fingerprint density at radius 2 is 1.82 bits per heavy atom. The lowest BCUT2D eigenvalue weighted by atomic mass is 9.83. The van der Waals surface area contributed by atoms with Gasteiger partial charge in [0.15, 0.2) is 8.07 Å². The van der Waals surface area contributed by atoms with Crippen molar-refractivity contribution in [2.24, 2.45) is 5.41 Å². The summed E-state index contributed by atoms with van der Waals surface area (Å²) in [6, 6.07) is 14.6. The van der Waals surface area contributed by atoms with Crippen LogP contribution in [0.15, 0.2) is 60.8 Å². The normalized spacial score (nSPS) is 12.3. The Bertz CT molecular complexity index is 1580. The molecule has 0 unspecified atom stereocenters. The molecule has 0 saturated carbocycles. The fourth-order valence-corrected chi connectivity index (χ4v) is 6.95. The number of hydrogen-bond acceptors (Lipinski definition) is 6. The Balaban J connectivity index is 1.94. The third-order valence-corrected chi connectivity index (χ3v) is 11.7. The molecule has 2 amide bonds. The van der Waals surface area contributed by atoms with E-state index >= 15 is 4.39 Å². The number of benzene rings is 2. The second-order valence-electron chi connectivity index (χ2n) is 13.6.